The largest absolute Gasteiger partial charge is 0.461 e. The quantitative estimate of drug-likeness (QED) is 0.280. The molecule has 1 aromatic heterocycles. The molecule has 0 spiro atoms. The second-order valence-electron chi connectivity index (χ2n) is 5.36. The zero-order valence-electron chi connectivity index (χ0n) is 13.0. The van der Waals surface area contributed by atoms with E-state index in [1.807, 2.05) is 0 Å². The molecule has 0 aliphatic rings. The van der Waals surface area contributed by atoms with Crippen molar-refractivity contribution in [2.24, 2.45) is 0 Å². The molecule has 1 amide bonds. The molecule has 1 N–H and O–H groups in total. The number of nitrogens with zero attached hydrogens (tertiary/aromatic N) is 1. The number of nitrogens with one attached hydrogen (secondary N) is 1. The molecule has 0 fully saturated rings. The van der Waals surface area contributed by atoms with Crippen LogP contribution in [-0.2, 0) is 14.3 Å². The lowest BCUT2D eigenvalue weighted by molar-refractivity contribution is -0.380. The summed E-state index contributed by atoms with van der Waals surface area (Å²) in [7, 11) is 0. The summed E-state index contributed by atoms with van der Waals surface area (Å²) in [6, 6.07) is 2.90. The molecule has 0 saturated carbocycles. The molecule has 9 heteroatoms. The third-order valence-electron chi connectivity index (χ3n) is 2.19. The van der Waals surface area contributed by atoms with E-state index in [4.69, 9.17) is 9.47 Å². The van der Waals surface area contributed by atoms with Gasteiger partial charge >= 0.3 is 17.1 Å². The van der Waals surface area contributed by atoms with Crippen LogP contribution in [0.15, 0.2) is 18.2 Å². The Balaban J connectivity index is 2.27. The van der Waals surface area contributed by atoms with E-state index >= 15 is 0 Å². The van der Waals surface area contributed by atoms with Gasteiger partial charge in [0.25, 0.3) is 0 Å². The van der Waals surface area contributed by atoms with Crippen LogP contribution in [0.2, 0.25) is 0 Å². The Kier molecular flexibility index (Phi) is 6.70. The van der Waals surface area contributed by atoms with Crippen molar-refractivity contribution in [1.29, 1.82) is 0 Å². The SMILES string of the molecule is CC(C)(C)OC(=O)NCCOC(=O)/C=C/c1ccc([N+](=O)[O-])s1. The number of rotatable bonds is 6. The van der Waals surface area contributed by atoms with E-state index in [2.05, 4.69) is 5.32 Å². The molecule has 1 aromatic rings. The third kappa shape index (κ3) is 7.96. The second kappa shape index (κ2) is 8.28. The smallest absolute Gasteiger partial charge is 0.407 e. The van der Waals surface area contributed by atoms with E-state index in [9.17, 15) is 19.7 Å². The Morgan fingerprint density at radius 1 is 1.39 bits per heavy atom. The van der Waals surface area contributed by atoms with Crippen LogP contribution in [0.1, 0.15) is 25.6 Å². The molecule has 23 heavy (non-hydrogen) atoms. The standard InChI is InChI=1S/C14H18N2O6S/c1-14(2,3)22-13(18)15-8-9-21-12(17)7-5-10-4-6-11(23-10)16(19)20/h4-7H,8-9H2,1-3H3,(H,15,18)/b7-5+. The molecular weight excluding hydrogens is 324 g/mol. The highest BCUT2D eigenvalue weighted by molar-refractivity contribution is 7.16. The van der Waals surface area contributed by atoms with E-state index in [0.29, 0.717) is 4.88 Å². The summed E-state index contributed by atoms with van der Waals surface area (Å²) >= 11 is 0.953. The lowest BCUT2D eigenvalue weighted by Crippen LogP contribution is -2.34. The number of hydrogen-bond donors (Lipinski definition) is 1. The van der Waals surface area contributed by atoms with Crippen LogP contribution >= 0.6 is 11.3 Å². The summed E-state index contributed by atoms with van der Waals surface area (Å²) in [6.45, 7) is 5.34. The van der Waals surface area contributed by atoms with Gasteiger partial charge in [0.2, 0.25) is 0 Å². The van der Waals surface area contributed by atoms with E-state index in [1.54, 1.807) is 20.8 Å². The Morgan fingerprint density at radius 3 is 2.65 bits per heavy atom. The van der Waals surface area contributed by atoms with Gasteiger partial charge in [0.1, 0.15) is 12.2 Å². The van der Waals surface area contributed by atoms with Crippen molar-refractivity contribution in [3.63, 3.8) is 0 Å². The molecule has 0 unspecified atom stereocenters. The van der Waals surface area contributed by atoms with E-state index < -0.39 is 22.6 Å². The molecule has 0 bridgehead atoms. The fourth-order valence-corrected chi connectivity index (χ4v) is 2.07. The van der Waals surface area contributed by atoms with Crippen LogP contribution in [0.25, 0.3) is 6.08 Å². The Morgan fingerprint density at radius 2 is 2.09 bits per heavy atom. The molecule has 1 rings (SSSR count). The predicted molar refractivity (Wildman–Crippen MR) is 85.2 cm³/mol. The van der Waals surface area contributed by atoms with Crippen LogP contribution in [0.4, 0.5) is 9.80 Å². The van der Waals surface area contributed by atoms with Gasteiger partial charge in [0, 0.05) is 17.0 Å². The first-order valence-corrected chi connectivity index (χ1v) is 7.55. The van der Waals surface area contributed by atoms with Gasteiger partial charge in [0.05, 0.1) is 11.5 Å². The Bertz CT molecular complexity index is 603. The normalized spacial score (nSPS) is 11.3. The summed E-state index contributed by atoms with van der Waals surface area (Å²) in [6.07, 6.45) is 2.01. The fourth-order valence-electron chi connectivity index (χ4n) is 1.35. The highest BCUT2D eigenvalue weighted by Crippen LogP contribution is 2.24. The number of esters is 1. The fraction of sp³-hybridized carbons (Fsp3) is 0.429. The zero-order valence-corrected chi connectivity index (χ0v) is 13.8. The maximum absolute atomic E-state index is 11.4. The van der Waals surface area contributed by atoms with Crippen molar-refractivity contribution in [2.45, 2.75) is 26.4 Å². The zero-order chi connectivity index (χ0) is 17.5. The van der Waals surface area contributed by atoms with Gasteiger partial charge in [0.15, 0.2) is 0 Å². The van der Waals surface area contributed by atoms with E-state index in [0.717, 1.165) is 11.3 Å². The van der Waals surface area contributed by atoms with Crippen LogP contribution in [0, 0.1) is 10.1 Å². The maximum Gasteiger partial charge on any atom is 0.407 e. The van der Waals surface area contributed by atoms with E-state index in [-0.39, 0.29) is 18.2 Å². The molecule has 0 aliphatic carbocycles. The number of carbonyl (C=O) groups excluding carboxylic acids is 2. The summed E-state index contributed by atoms with van der Waals surface area (Å²) in [5.74, 6) is -0.605. The third-order valence-corrected chi connectivity index (χ3v) is 3.19. The minimum atomic E-state index is -0.605. The first-order valence-electron chi connectivity index (χ1n) is 6.73. The number of nitro groups is 1. The van der Waals surface area contributed by atoms with Crippen molar-refractivity contribution in [3.8, 4) is 0 Å². The molecule has 0 atom stereocenters. The van der Waals surface area contributed by atoms with Crippen molar-refractivity contribution in [2.75, 3.05) is 13.2 Å². The molecule has 1 heterocycles. The number of amides is 1. The van der Waals surface area contributed by atoms with Gasteiger partial charge in [-0.2, -0.15) is 0 Å². The van der Waals surface area contributed by atoms with Gasteiger partial charge in [-0.25, -0.2) is 9.59 Å². The number of ether oxygens (including phenoxy) is 2. The number of alkyl carbamates (subject to hydrolysis) is 1. The summed E-state index contributed by atoms with van der Waals surface area (Å²) in [4.78, 5) is 33.4. The number of thiophene rings is 1. The molecular formula is C14H18N2O6S. The number of carbonyl (C=O) groups is 2. The molecule has 8 nitrogen and oxygen atoms in total. The second-order valence-corrected chi connectivity index (χ2v) is 6.46. The van der Waals surface area contributed by atoms with Crippen LogP contribution in [0.3, 0.4) is 0 Å². The minimum absolute atomic E-state index is 0.000391. The van der Waals surface area contributed by atoms with Gasteiger partial charge < -0.3 is 14.8 Å². The van der Waals surface area contributed by atoms with Crippen LogP contribution < -0.4 is 5.32 Å². The molecule has 0 aromatic carbocycles. The molecule has 0 saturated heterocycles. The topological polar surface area (TPSA) is 108 Å². The van der Waals surface area contributed by atoms with Gasteiger partial charge in [-0.1, -0.05) is 11.3 Å². The van der Waals surface area contributed by atoms with Gasteiger partial charge in [-0.05, 0) is 32.9 Å². The lowest BCUT2D eigenvalue weighted by atomic mass is 10.2. The van der Waals surface area contributed by atoms with E-state index in [1.165, 1.54) is 24.3 Å². The Labute approximate surface area is 137 Å². The van der Waals surface area contributed by atoms with Crippen molar-refractivity contribution < 1.29 is 24.0 Å². The maximum atomic E-state index is 11.4. The number of hydrogen-bond acceptors (Lipinski definition) is 7. The molecule has 126 valence electrons. The summed E-state index contributed by atoms with van der Waals surface area (Å²) < 4.78 is 9.89. The monoisotopic (exact) mass is 342 g/mol. The summed E-state index contributed by atoms with van der Waals surface area (Å²) in [5.41, 5.74) is -0.590. The van der Waals surface area contributed by atoms with Crippen LogP contribution in [-0.4, -0.2) is 35.7 Å². The van der Waals surface area contributed by atoms with Crippen molar-refractivity contribution >= 4 is 34.5 Å². The lowest BCUT2D eigenvalue weighted by Gasteiger charge is -2.19. The van der Waals surface area contributed by atoms with Gasteiger partial charge in [-0.3, -0.25) is 10.1 Å². The van der Waals surface area contributed by atoms with Crippen molar-refractivity contribution in [1.82, 2.24) is 5.32 Å². The van der Waals surface area contributed by atoms with Gasteiger partial charge in [-0.15, -0.1) is 0 Å². The molecule has 0 aliphatic heterocycles. The summed E-state index contributed by atoms with van der Waals surface area (Å²) in [5, 5.41) is 13.0. The first kappa shape index (κ1) is 18.6. The average Bonchev–Trinajstić information content (AvgIpc) is 2.88. The predicted octanol–water partition coefficient (Wildman–Crippen LogP) is 2.74. The Hall–Kier alpha value is -2.42. The average molecular weight is 342 g/mol. The first-order chi connectivity index (χ1) is 10.7. The highest BCUT2D eigenvalue weighted by Gasteiger charge is 2.15. The highest BCUT2D eigenvalue weighted by atomic mass is 32.1. The van der Waals surface area contributed by atoms with Crippen LogP contribution in [0.5, 0.6) is 0 Å². The molecule has 0 radical (unpaired) electrons. The van der Waals surface area contributed by atoms with Crippen molar-refractivity contribution in [3.05, 3.63) is 33.2 Å². The minimum Gasteiger partial charge on any atom is -0.461 e.